The van der Waals surface area contributed by atoms with E-state index in [1.54, 1.807) is 21.1 Å². The lowest BCUT2D eigenvalue weighted by Gasteiger charge is -2.34. The minimum atomic E-state index is -1.12. The summed E-state index contributed by atoms with van der Waals surface area (Å²) in [7, 11) is 5.41. The predicted octanol–water partition coefficient (Wildman–Crippen LogP) is 12.7. The zero-order chi connectivity index (χ0) is 43.5. The molecule has 0 fully saturated rings. The maximum Gasteiger partial charge on any atom is 0.306 e. The van der Waals surface area contributed by atoms with E-state index in [2.05, 4.69) is 38.2 Å². The Morgan fingerprint density at radius 3 is 1.25 bits per heavy atom. The van der Waals surface area contributed by atoms with Crippen LogP contribution < -0.4 is 5.11 Å². The van der Waals surface area contributed by atoms with Gasteiger partial charge < -0.3 is 28.6 Å². The molecule has 0 aromatic carbocycles. The molecular formula is C51H95NO7. The van der Waals surface area contributed by atoms with Crippen molar-refractivity contribution in [2.24, 2.45) is 0 Å². The van der Waals surface area contributed by atoms with E-state index in [1.165, 1.54) is 148 Å². The third-order valence-electron chi connectivity index (χ3n) is 11.3. The highest BCUT2D eigenvalue weighted by Gasteiger charge is 2.25. The predicted molar refractivity (Wildman–Crippen MR) is 245 cm³/mol. The average molecular weight is 834 g/mol. The fraction of sp³-hybridized carbons (Fsp3) is 0.863. The third-order valence-corrected chi connectivity index (χ3v) is 11.3. The number of aliphatic carboxylic acids is 1. The quantitative estimate of drug-likeness (QED) is 0.0260. The van der Waals surface area contributed by atoms with Gasteiger partial charge in [0.05, 0.1) is 40.3 Å². The smallest absolute Gasteiger partial charge is 0.306 e. The van der Waals surface area contributed by atoms with Crippen molar-refractivity contribution < 1.29 is 38.2 Å². The number of ether oxygens (including phenoxy) is 3. The molecule has 0 aliphatic heterocycles. The number of esters is 2. The maximum atomic E-state index is 12.8. The standard InChI is InChI=1S/C51H95NO7/c1-6-8-10-12-14-16-18-20-21-22-23-24-25-26-27-28-29-30-32-34-36-38-40-42-50(54)59-47(45-57-44-43-48(51(55)56)52(3,4)5)46-58-49(53)41-39-37-35-33-31-19-17-15-13-11-9-7-2/h15,17,22-23,47-48H,6-14,16,18-21,24-46H2,1-5H3/b17-15-,23-22-. The van der Waals surface area contributed by atoms with Gasteiger partial charge in [-0.3, -0.25) is 9.59 Å². The molecule has 0 radical (unpaired) electrons. The molecule has 346 valence electrons. The molecular weight excluding hydrogens is 739 g/mol. The topological polar surface area (TPSA) is 102 Å². The molecule has 0 amide bonds. The van der Waals surface area contributed by atoms with Crippen molar-refractivity contribution in [3.63, 3.8) is 0 Å². The number of hydrogen-bond acceptors (Lipinski definition) is 7. The molecule has 0 bridgehead atoms. The number of carboxylic acids is 1. The summed E-state index contributed by atoms with van der Waals surface area (Å²) in [6.45, 7) is 4.65. The summed E-state index contributed by atoms with van der Waals surface area (Å²) in [5.41, 5.74) is 0. The number of quaternary nitrogens is 1. The van der Waals surface area contributed by atoms with Crippen LogP contribution in [0.3, 0.4) is 0 Å². The van der Waals surface area contributed by atoms with E-state index in [0.717, 1.165) is 51.4 Å². The Labute approximate surface area is 364 Å². The molecule has 0 saturated heterocycles. The van der Waals surface area contributed by atoms with E-state index in [0.29, 0.717) is 12.8 Å². The van der Waals surface area contributed by atoms with Crippen molar-refractivity contribution in [2.45, 2.75) is 244 Å². The molecule has 8 nitrogen and oxygen atoms in total. The zero-order valence-electron chi connectivity index (χ0n) is 39.4. The molecule has 0 rings (SSSR count). The van der Waals surface area contributed by atoms with E-state index in [-0.39, 0.29) is 42.7 Å². The number of carboxylic acid groups (broad SMARTS) is 1. The van der Waals surface area contributed by atoms with Crippen LogP contribution in [0.15, 0.2) is 24.3 Å². The Bertz CT molecular complexity index is 1020. The van der Waals surface area contributed by atoms with E-state index in [1.807, 2.05) is 0 Å². The molecule has 2 unspecified atom stereocenters. The van der Waals surface area contributed by atoms with Gasteiger partial charge >= 0.3 is 11.9 Å². The largest absolute Gasteiger partial charge is 0.544 e. The van der Waals surface area contributed by atoms with Crippen molar-refractivity contribution in [2.75, 3.05) is 41.0 Å². The van der Waals surface area contributed by atoms with Crippen LogP contribution in [0.2, 0.25) is 0 Å². The van der Waals surface area contributed by atoms with Crippen LogP contribution in [0.5, 0.6) is 0 Å². The second kappa shape index (κ2) is 42.5. The lowest BCUT2D eigenvalue weighted by atomic mass is 10.0. The van der Waals surface area contributed by atoms with Gasteiger partial charge in [-0.2, -0.15) is 0 Å². The van der Waals surface area contributed by atoms with Crippen molar-refractivity contribution >= 4 is 17.9 Å². The average Bonchev–Trinajstić information content (AvgIpc) is 3.19. The van der Waals surface area contributed by atoms with Gasteiger partial charge in [0, 0.05) is 19.3 Å². The van der Waals surface area contributed by atoms with Gasteiger partial charge in [-0.05, 0) is 64.2 Å². The Balaban J connectivity index is 4.18. The fourth-order valence-electron chi connectivity index (χ4n) is 7.41. The van der Waals surface area contributed by atoms with Crippen LogP contribution >= 0.6 is 0 Å². The van der Waals surface area contributed by atoms with Crippen LogP contribution in [-0.4, -0.2) is 75.5 Å². The van der Waals surface area contributed by atoms with Crippen LogP contribution in [-0.2, 0) is 28.6 Å². The second-order valence-electron chi connectivity index (χ2n) is 18.0. The molecule has 0 saturated carbocycles. The molecule has 59 heavy (non-hydrogen) atoms. The van der Waals surface area contributed by atoms with E-state index in [9.17, 15) is 19.5 Å². The number of carbonyl (C=O) groups excluding carboxylic acids is 3. The highest BCUT2D eigenvalue weighted by atomic mass is 16.6. The number of allylic oxidation sites excluding steroid dienone is 4. The molecule has 0 aliphatic rings. The summed E-state index contributed by atoms with van der Waals surface area (Å²) in [6.07, 6.45) is 47.8. The first kappa shape index (κ1) is 56.8. The summed E-state index contributed by atoms with van der Waals surface area (Å²) in [5, 5.41) is 11.6. The van der Waals surface area contributed by atoms with Gasteiger partial charge in [0.1, 0.15) is 12.6 Å². The Morgan fingerprint density at radius 1 is 0.492 bits per heavy atom. The number of unbranched alkanes of at least 4 members (excludes halogenated alkanes) is 27. The van der Waals surface area contributed by atoms with Gasteiger partial charge in [0.15, 0.2) is 6.10 Å². The summed E-state index contributed by atoms with van der Waals surface area (Å²) in [4.78, 5) is 36.9. The zero-order valence-corrected chi connectivity index (χ0v) is 39.4. The molecule has 0 N–H and O–H groups in total. The van der Waals surface area contributed by atoms with Crippen molar-refractivity contribution in [3.05, 3.63) is 24.3 Å². The summed E-state index contributed by atoms with van der Waals surface area (Å²) < 4.78 is 17.2. The Hall–Kier alpha value is -2.19. The molecule has 0 aliphatic carbocycles. The van der Waals surface area contributed by atoms with Crippen LogP contribution in [0.4, 0.5) is 0 Å². The molecule has 8 heteroatoms. The monoisotopic (exact) mass is 834 g/mol. The maximum absolute atomic E-state index is 12.8. The van der Waals surface area contributed by atoms with Gasteiger partial charge in [0.2, 0.25) is 0 Å². The van der Waals surface area contributed by atoms with Crippen molar-refractivity contribution in [3.8, 4) is 0 Å². The lowest BCUT2D eigenvalue weighted by Crippen LogP contribution is -2.55. The van der Waals surface area contributed by atoms with Crippen molar-refractivity contribution in [1.29, 1.82) is 0 Å². The highest BCUT2D eigenvalue weighted by Crippen LogP contribution is 2.15. The Kier molecular flexibility index (Phi) is 40.9. The third kappa shape index (κ3) is 41.0. The lowest BCUT2D eigenvalue weighted by molar-refractivity contribution is -0.889. The molecule has 2 atom stereocenters. The van der Waals surface area contributed by atoms with Gasteiger partial charge in [-0.15, -0.1) is 0 Å². The molecule has 0 aromatic rings. The SMILES string of the molecule is CCCCC/C=C\CCCCCCCC(=O)OCC(COCCC(C(=O)[O-])[N+](C)(C)C)OC(=O)CCCCCCCCCCCCC/C=C\CCCCCCCCCC. The summed E-state index contributed by atoms with van der Waals surface area (Å²) >= 11 is 0. The van der Waals surface area contributed by atoms with E-state index >= 15 is 0 Å². The van der Waals surface area contributed by atoms with Gasteiger partial charge in [0.25, 0.3) is 0 Å². The first-order valence-corrected chi connectivity index (χ1v) is 24.9. The number of rotatable bonds is 45. The minimum absolute atomic E-state index is 0.0411. The second-order valence-corrected chi connectivity index (χ2v) is 18.0. The number of nitrogens with zero attached hydrogens (tertiary/aromatic N) is 1. The molecule has 0 spiro atoms. The van der Waals surface area contributed by atoms with Crippen molar-refractivity contribution in [1.82, 2.24) is 0 Å². The van der Waals surface area contributed by atoms with Crippen LogP contribution in [0.25, 0.3) is 0 Å². The normalized spacial score (nSPS) is 13.0. The van der Waals surface area contributed by atoms with E-state index < -0.39 is 18.1 Å². The number of hydrogen-bond donors (Lipinski definition) is 0. The number of carbonyl (C=O) groups is 3. The van der Waals surface area contributed by atoms with Gasteiger partial charge in [-0.1, -0.05) is 173 Å². The summed E-state index contributed by atoms with van der Waals surface area (Å²) in [5.74, 6) is -1.74. The van der Waals surface area contributed by atoms with E-state index in [4.69, 9.17) is 14.2 Å². The fourth-order valence-corrected chi connectivity index (χ4v) is 7.41. The molecule has 0 aromatic heterocycles. The van der Waals surface area contributed by atoms with Gasteiger partial charge in [-0.25, -0.2) is 0 Å². The van der Waals surface area contributed by atoms with Crippen LogP contribution in [0.1, 0.15) is 232 Å². The van der Waals surface area contributed by atoms with Crippen LogP contribution in [0, 0.1) is 0 Å². The molecule has 0 heterocycles. The minimum Gasteiger partial charge on any atom is -0.544 e. The first-order valence-electron chi connectivity index (χ1n) is 24.9. The number of likely N-dealkylation sites (N-methyl/N-ethyl adjacent to an activating group) is 1. The first-order chi connectivity index (χ1) is 28.6. The summed E-state index contributed by atoms with van der Waals surface area (Å²) in [6, 6.07) is -0.725. The highest BCUT2D eigenvalue weighted by molar-refractivity contribution is 5.70. The Morgan fingerprint density at radius 2 is 0.847 bits per heavy atom.